The predicted molar refractivity (Wildman–Crippen MR) is 80.6 cm³/mol. The van der Waals surface area contributed by atoms with E-state index in [0.717, 1.165) is 5.69 Å². The molecular formula is C14H12Cl2N2O. The maximum Gasteiger partial charge on any atom is 0.161 e. The molecule has 0 bridgehead atoms. The van der Waals surface area contributed by atoms with Crippen LogP contribution in [0.2, 0.25) is 10.0 Å². The molecule has 3 nitrogen and oxygen atoms in total. The summed E-state index contributed by atoms with van der Waals surface area (Å²) in [6.45, 7) is 1.47. The van der Waals surface area contributed by atoms with E-state index in [1.165, 1.54) is 6.92 Å². The molecule has 0 aromatic heterocycles. The van der Waals surface area contributed by atoms with Crippen molar-refractivity contribution in [3.63, 3.8) is 0 Å². The van der Waals surface area contributed by atoms with Crippen LogP contribution in [-0.2, 0) is 0 Å². The molecule has 19 heavy (non-hydrogen) atoms. The molecule has 0 unspecified atom stereocenters. The first-order chi connectivity index (χ1) is 8.99. The van der Waals surface area contributed by atoms with Gasteiger partial charge in [0.1, 0.15) is 0 Å². The number of rotatable bonds is 3. The van der Waals surface area contributed by atoms with E-state index in [0.29, 0.717) is 27.0 Å². The number of nitrogens with two attached hydrogens (primary N) is 1. The Labute approximate surface area is 121 Å². The number of benzene rings is 2. The highest BCUT2D eigenvalue weighted by Crippen LogP contribution is 2.32. The van der Waals surface area contributed by atoms with Crippen molar-refractivity contribution in [2.24, 2.45) is 0 Å². The number of Topliss-reactive ketones (excluding diaryl/α,β-unsaturated/α-hetero) is 1. The number of carbonyl (C=O) groups is 1. The van der Waals surface area contributed by atoms with Gasteiger partial charge in [-0.3, -0.25) is 4.79 Å². The van der Waals surface area contributed by atoms with E-state index in [9.17, 15) is 4.79 Å². The second-order valence-corrected chi connectivity index (χ2v) is 4.87. The molecular weight excluding hydrogens is 283 g/mol. The molecule has 0 aliphatic heterocycles. The van der Waals surface area contributed by atoms with Crippen LogP contribution in [0, 0.1) is 0 Å². The van der Waals surface area contributed by atoms with Crippen molar-refractivity contribution < 1.29 is 4.79 Å². The van der Waals surface area contributed by atoms with Gasteiger partial charge in [0.25, 0.3) is 0 Å². The second-order valence-electron chi connectivity index (χ2n) is 4.08. The van der Waals surface area contributed by atoms with E-state index in [4.69, 9.17) is 28.9 Å². The molecule has 5 heteroatoms. The fourth-order valence-electron chi connectivity index (χ4n) is 1.69. The standard InChI is InChI=1S/C14H12Cl2N2O/c1-8(19)10-7-9(5-6-12(10)17)18-13-4-2-3-11(15)14(13)16/h2-7,18H,17H2,1H3. The molecule has 0 saturated carbocycles. The molecule has 0 saturated heterocycles. The van der Waals surface area contributed by atoms with Crippen LogP contribution >= 0.6 is 23.2 Å². The van der Waals surface area contributed by atoms with E-state index in [1.54, 1.807) is 36.4 Å². The van der Waals surface area contributed by atoms with Gasteiger partial charge < -0.3 is 11.1 Å². The van der Waals surface area contributed by atoms with Gasteiger partial charge in [0.2, 0.25) is 0 Å². The molecule has 0 amide bonds. The number of anilines is 3. The van der Waals surface area contributed by atoms with Gasteiger partial charge in [-0.15, -0.1) is 0 Å². The maximum atomic E-state index is 11.4. The monoisotopic (exact) mass is 294 g/mol. The van der Waals surface area contributed by atoms with Gasteiger partial charge in [-0.25, -0.2) is 0 Å². The summed E-state index contributed by atoms with van der Waals surface area (Å²) in [4.78, 5) is 11.4. The summed E-state index contributed by atoms with van der Waals surface area (Å²) in [5.41, 5.74) is 8.07. The minimum atomic E-state index is -0.0849. The van der Waals surface area contributed by atoms with Gasteiger partial charge >= 0.3 is 0 Å². The average Bonchev–Trinajstić information content (AvgIpc) is 2.37. The van der Waals surface area contributed by atoms with Crippen molar-refractivity contribution in [3.8, 4) is 0 Å². The molecule has 2 aromatic carbocycles. The number of hydrogen-bond acceptors (Lipinski definition) is 3. The molecule has 0 spiro atoms. The van der Waals surface area contributed by atoms with Crippen molar-refractivity contribution in [2.75, 3.05) is 11.1 Å². The molecule has 2 rings (SSSR count). The van der Waals surface area contributed by atoms with Crippen LogP contribution in [0.5, 0.6) is 0 Å². The Balaban J connectivity index is 2.36. The van der Waals surface area contributed by atoms with Crippen LogP contribution < -0.4 is 11.1 Å². The normalized spacial score (nSPS) is 10.3. The van der Waals surface area contributed by atoms with Crippen LogP contribution in [0.4, 0.5) is 17.1 Å². The molecule has 0 aliphatic rings. The highest BCUT2D eigenvalue weighted by Gasteiger charge is 2.08. The third-order valence-corrected chi connectivity index (χ3v) is 3.48. The summed E-state index contributed by atoms with van der Waals surface area (Å²) in [6.07, 6.45) is 0. The number of nitrogens with one attached hydrogen (secondary N) is 1. The number of nitrogen functional groups attached to an aromatic ring is 1. The minimum absolute atomic E-state index is 0.0849. The SMILES string of the molecule is CC(=O)c1cc(Nc2cccc(Cl)c2Cl)ccc1N. The second kappa shape index (κ2) is 5.51. The van der Waals surface area contributed by atoms with Crippen LogP contribution in [0.25, 0.3) is 0 Å². The molecule has 0 heterocycles. The quantitative estimate of drug-likeness (QED) is 0.646. The van der Waals surface area contributed by atoms with Gasteiger partial charge in [0, 0.05) is 16.9 Å². The van der Waals surface area contributed by atoms with Crippen LogP contribution in [-0.4, -0.2) is 5.78 Å². The van der Waals surface area contributed by atoms with E-state index >= 15 is 0 Å². The zero-order chi connectivity index (χ0) is 14.0. The lowest BCUT2D eigenvalue weighted by molar-refractivity contribution is 0.101. The molecule has 0 aliphatic carbocycles. The predicted octanol–water partition coefficient (Wildman–Crippen LogP) is 4.52. The Morgan fingerprint density at radius 1 is 1.21 bits per heavy atom. The Morgan fingerprint density at radius 3 is 2.63 bits per heavy atom. The lowest BCUT2D eigenvalue weighted by atomic mass is 10.1. The van der Waals surface area contributed by atoms with E-state index in [1.807, 2.05) is 0 Å². The Kier molecular flexibility index (Phi) is 3.98. The Morgan fingerprint density at radius 2 is 1.95 bits per heavy atom. The lowest BCUT2D eigenvalue weighted by Gasteiger charge is -2.11. The van der Waals surface area contributed by atoms with E-state index < -0.39 is 0 Å². The average molecular weight is 295 g/mol. The van der Waals surface area contributed by atoms with Gasteiger partial charge in [0.15, 0.2) is 5.78 Å². The first kappa shape index (κ1) is 13.7. The lowest BCUT2D eigenvalue weighted by Crippen LogP contribution is -2.01. The summed E-state index contributed by atoms with van der Waals surface area (Å²) in [5, 5.41) is 4.01. The zero-order valence-corrected chi connectivity index (χ0v) is 11.7. The fraction of sp³-hybridized carbons (Fsp3) is 0.0714. The molecule has 0 radical (unpaired) electrons. The van der Waals surface area contributed by atoms with Gasteiger partial charge in [0.05, 0.1) is 15.7 Å². The molecule has 3 N–H and O–H groups in total. The highest BCUT2D eigenvalue weighted by molar-refractivity contribution is 6.43. The number of hydrogen-bond donors (Lipinski definition) is 2. The van der Waals surface area contributed by atoms with Crippen molar-refractivity contribution >= 4 is 46.0 Å². The smallest absolute Gasteiger partial charge is 0.161 e. The Hall–Kier alpha value is -1.71. The third kappa shape index (κ3) is 3.00. The first-order valence-corrected chi connectivity index (χ1v) is 6.36. The molecule has 98 valence electrons. The number of halogens is 2. The van der Waals surface area contributed by atoms with Crippen molar-refractivity contribution in [1.29, 1.82) is 0 Å². The summed E-state index contributed by atoms with van der Waals surface area (Å²) < 4.78 is 0. The van der Waals surface area contributed by atoms with Crippen molar-refractivity contribution in [2.45, 2.75) is 6.92 Å². The number of ketones is 1. The van der Waals surface area contributed by atoms with E-state index in [2.05, 4.69) is 5.32 Å². The maximum absolute atomic E-state index is 11.4. The topological polar surface area (TPSA) is 55.1 Å². The van der Waals surface area contributed by atoms with Crippen molar-refractivity contribution in [1.82, 2.24) is 0 Å². The summed E-state index contributed by atoms with van der Waals surface area (Å²) in [6, 6.07) is 10.4. The van der Waals surface area contributed by atoms with Crippen LogP contribution in [0.1, 0.15) is 17.3 Å². The third-order valence-electron chi connectivity index (χ3n) is 2.66. The van der Waals surface area contributed by atoms with Crippen molar-refractivity contribution in [3.05, 3.63) is 52.0 Å². The number of carbonyl (C=O) groups excluding carboxylic acids is 1. The largest absolute Gasteiger partial charge is 0.398 e. The summed E-state index contributed by atoms with van der Waals surface area (Å²) >= 11 is 12.0. The van der Waals surface area contributed by atoms with E-state index in [-0.39, 0.29) is 5.78 Å². The van der Waals surface area contributed by atoms with Crippen LogP contribution in [0.3, 0.4) is 0 Å². The van der Waals surface area contributed by atoms with Gasteiger partial charge in [-0.2, -0.15) is 0 Å². The molecule has 2 aromatic rings. The zero-order valence-electron chi connectivity index (χ0n) is 10.2. The first-order valence-electron chi connectivity index (χ1n) is 5.60. The van der Waals surface area contributed by atoms with Gasteiger partial charge in [-0.05, 0) is 37.3 Å². The Bertz CT molecular complexity index is 641. The minimum Gasteiger partial charge on any atom is -0.398 e. The van der Waals surface area contributed by atoms with Gasteiger partial charge in [-0.1, -0.05) is 29.3 Å². The fourth-order valence-corrected chi connectivity index (χ4v) is 2.04. The highest BCUT2D eigenvalue weighted by atomic mass is 35.5. The molecule has 0 fully saturated rings. The van der Waals surface area contributed by atoms with Crippen LogP contribution in [0.15, 0.2) is 36.4 Å². The molecule has 0 atom stereocenters. The summed E-state index contributed by atoms with van der Waals surface area (Å²) in [7, 11) is 0. The summed E-state index contributed by atoms with van der Waals surface area (Å²) in [5.74, 6) is -0.0849.